The quantitative estimate of drug-likeness (QED) is 0.566. The molecule has 0 amide bonds. The van der Waals surface area contributed by atoms with Gasteiger partial charge >= 0.3 is 0 Å². The van der Waals surface area contributed by atoms with Crippen LogP contribution in [0.15, 0.2) is 36.5 Å². The molecule has 0 aliphatic heterocycles. The Bertz CT molecular complexity index is 166. The van der Waals surface area contributed by atoms with E-state index in [-0.39, 0.29) is 0 Å². The highest BCUT2D eigenvalue weighted by Gasteiger charge is 1.85. The van der Waals surface area contributed by atoms with E-state index in [2.05, 4.69) is 31.0 Å². The Hall–Kier alpha value is -0.820. The van der Waals surface area contributed by atoms with Gasteiger partial charge in [-0.15, -0.1) is 0 Å². The van der Waals surface area contributed by atoms with Crippen molar-refractivity contribution >= 4 is 0 Å². The van der Waals surface area contributed by atoms with E-state index in [0.717, 1.165) is 13.1 Å². The minimum Gasteiger partial charge on any atom is -0.303 e. The second-order valence-electron chi connectivity index (χ2n) is 2.69. The van der Waals surface area contributed by atoms with Crippen molar-refractivity contribution in [1.29, 1.82) is 0 Å². The molecule has 0 spiro atoms. The average Bonchev–Trinajstić information content (AvgIpc) is 2.10. The Morgan fingerprint density at radius 3 is 2.33 bits per heavy atom. The third kappa shape index (κ3) is 7.29. The van der Waals surface area contributed by atoms with Crippen LogP contribution in [0.25, 0.3) is 0 Å². The van der Waals surface area contributed by atoms with Gasteiger partial charge in [-0.05, 0) is 20.5 Å². The Kier molecular flexibility index (Phi) is 7.71. The van der Waals surface area contributed by atoms with Gasteiger partial charge in [0.1, 0.15) is 0 Å². The molecule has 68 valence electrons. The van der Waals surface area contributed by atoms with E-state index in [9.17, 15) is 0 Å². The first-order valence-electron chi connectivity index (χ1n) is 4.44. The van der Waals surface area contributed by atoms with Crippen molar-refractivity contribution in [3.05, 3.63) is 36.5 Å². The number of rotatable bonds is 5. The SMILES string of the molecule is C\C=C/C=C\C=C\CN(C)CC. The smallest absolute Gasteiger partial charge is 0.0163 e. The maximum absolute atomic E-state index is 2.25. The van der Waals surface area contributed by atoms with Crippen LogP contribution < -0.4 is 0 Å². The topological polar surface area (TPSA) is 3.24 Å². The first-order valence-corrected chi connectivity index (χ1v) is 4.44. The van der Waals surface area contributed by atoms with E-state index in [4.69, 9.17) is 0 Å². The molecule has 0 saturated heterocycles. The number of hydrogen-bond donors (Lipinski definition) is 0. The van der Waals surface area contributed by atoms with E-state index in [1.54, 1.807) is 0 Å². The standard InChI is InChI=1S/C11H19N/c1-4-6-7-8-9-10-11-12(3)5-2/h4,6-10H,5,11H2,1-3H3/b6-4-,8-7-,10-9+. The van der Waals surface area contributed by atoms with Crippen LogP contribution in [0, 0.1) is 0 Å². The molecule has 0 aromatic rings. The number of likely N-dealkylation sites (N-methyl/N-ethyl adjacent to an activating group) is 1. The van der Waals surface area contributed by atoms with Crippen LogP contribution in [0.2, 0.25) is 0 Å². The van der Waals surface area contributed by atoms with Crippen molar-refractivity contribution in [3.8, 4) is 0 Å². The van der Waals surface area contributed by atoms with E-state index < -0.39 is 0 Å². The average molecular weight is 165 g/mol. The van der Waals surface area contributed by atoms with E-state index in [1.165, 1.54) is 0 Å². The van der Waals surface area contributed by atoms with Gasteiger partial charge in [0.2, 0.25) is 0 Å². The highest BCUT2D eigenvalue weighted by molar-refractivity contribution is 5.10. The van der Waals surface area contributed by atoms with Crippen LogP contribution in [-0.4, -0.2) is 25.0 Å². The van der Waals surface area contributed by atoms with Gasteiger partial charge in [0.25, 0.3) is 0 Å². The normalized spacial score (nSPS) is 13.0. The van der Waals surface area contributed by atoms with Gasteiger partial charge in [-0.1, -0.05) is 43.4 Å². The number of nitrogens with zero attached hydrogens (tertiary/aromatic N) is 1. The van der Waals surface area contributed by atoms with E-state index >= 15 is 0 Å². The summed E-state index contributed by atoms with van der Waals surface area (Å²) in [6, 6.07) is 0. The van der Waals surface area contributed by atoms with Crippen LogP contribution in [0.3, 0.4) is 0 Å². The van der Waals surface area contributed by atoms with Crippen molar-refractivity contribution < 1.29 is 0 Å². The predicted molar refractivity (Wildman–Crippen MR) is 56.3 cm³/mol. The van der Waals surface area contributed by atoms with Crippen molar-refractivity contribution in [2.45, 2.75) is 13.8 Å². The molecular formula is C11H19N. The number of hydrogen-bond acceptors (Lipinski definition) is 1. The molecule has 0 aliphatic carbocycles. The van der Waals surface area contributed by atoms with Crippen LogP contribution in [0.5, 0.6) is 0 Å². The molecule has 0 aromatic heterocycles. The lowest BCUT2D eigenvalue weighted by Gasteiger charge is -2.08. The molecule has 0 aliphatic rings. The second-order valence-corrected chi connectivity index (χ2v) is 2.69. The van der Waals surface area contributed by atoms with Gasteiger partial charge in [-0.3, -0.25) is 0 Å². The third-order valence-corrected chi connectivity index (χ3v) is 1.62. The molecule has 0 unspecified atom stereocenters. The van der Waals surface area contributed by atoms with Gasteiger partial charge in [0.05, 0.1) is 0 Å². The molecule has 0 heterocycles. The van der Waals surface area contributed by atoms with E-state index in [1.807, 2.05) is 31.2 Å². The zero-order valence-corrected chi connectivity index (χ0v) is 8.33. The lowest BCUT2D eigenvalue weighted by atomic mass is 10.4. The van der Waals surface area contributed by atoms with Gasteiger partial charge in [-0.25, -0.2) is 0 Å². The zero-order valence-electron chi connectivity index (χ0n) is 8.33. The number of allylic oxidation sites excluding steroid dienone is 5. The Balaban J connectivity index is 3.49. The summed E-state index contributed by atoms with van der Waals surface area (Å²) >= 11 is 0. The Morgan fingerprint density at radius 1 is 1.08 bits per heavy atom. The maximum atomic E-state index is 2.25. The summed E-state index contributed by atoms with van der Waals surface area (Å²) in [5, 5.41) is 0. The molecule has 12 heavy (non-hydrogen) atoms. The van der Waals surface area contributed by atoms with E-state index in [0.29, 0.717) is 0 Å². The monoisotopic (exact) mass is 165 g/mol. The third-order valence-electron chi connectivity index (χ3n) is 1.62. The fourth-order valence-corrected chi connectivity index (χ4v) is 0.688. The first kappa shape index (κ1) is 11.2. The summed E-state index contributed by atoms with van der Waals surface area (Å²) in [7, 11) is 2.11. The molecule has 0 saturated carbocycles. The van der Waals surface area contributed by atoms with Gasteiger partial charge in [-0.2, -0.15) is 0 Å². The molecule has 0 fully saturated rings. The highest BCUT2D eigenvalue weighted by Crippen LogP contribution is 1.84. The van der Waals surface area contributed by atoms with Crippen molar-refractivity contribution in [2.75, 3.05) is 20.1 Å². The van der Waals surface area contributed by atoms with Crippen LogP contribution >= 0.6 is 0 Å². The largest absolute Gasteiger partial charge is 0.303 e. The van der Waals surface area contributed by atoms with Gasteiger partial charge in [0.15, 0.2) is 0 Å². The summed E-state index contributed by atoms with van der Waals surface area (Å²) in [4.78, 5) is 2.25. The fourth-order valence-electron chi connectivity index (χ4n) is 0.688. The molecule has 1 heteroatoms. The lowest BCUT2D eigenvalue weighted by molar-refractivity contribution is 0.392. The van der Waals surface area contributed by atoms with Gasteiger partial charge in [0, 0.05) is 6.54 Å². The molecule has 1 nitrogen and oxygen atoms in total. The molecule has 0 aromatic carbocycles. The van der Waals surface area contributed by atoms with Gasteiger partial charge < -0.3 is 4.90 Å². The zero-order chi connectivity index (χ0) is 9.23. The predicted octanol–water partition coefficient (Wildman–Crippen LogP) is 2.63. The van der Waals surface area contributed by atoms with Crippen molar-refractivity contribution in [1.82, 2.24) is 4.90 Å². The Morgan fingerprint density at radius 2 is 1.75 bits per heavy atom. The summed E-state index contributed by atoms with van der Waals surface area (Å²) in [6.07, 6.45) is 12.3. The second kappa shape index (κ2) is 8.28. The van der Waals surface area contributed by atoms with Crippen LogP contribution in [0.4, 0.5) is 0 Å². The Labute approximate surface area is 76.1 Å². The molecule has 0 radical (unpaired) electrons. The lowest BCUT2D eigenvalue weighted by Crippen LogP contribution is -2.16. The van der Waals surface area contributed by atoms with Crippen LogP contribution in [-0.2, 0) is 0 Å². The minimum absolute atomic E-state index is 1.02. The molecule has 0 N–H and O–H groups in total. The summed E-state index contributed by atoms with van der Waals surface area (Å²) in [5.41, 5.74) is 0. The fraction of sp³-hybridized carbons (Fsp3) is 0.455. The molecular weight excluding hydrogens is 146 g/mol. The maximum Gasteiger partial charge on any atom is 0.0163 e. The van der Waals surface area contributed by atoms with Crippen molar-refractivity contribution in [2.24, 2.45) is 0 Å². The molecule has 0 bridgehead atoms. The highest BCUT2D eigenvalue weighted by atomic mass is 15.1. The molecule has 0 rings (SSSR count). The minimum atomic E-state index is 1.02. The molecule has 0 atom stereocenters. The van der Waals surface area contributed by atoms with Crippen molar-refractivity contribution in [3.63, 3.8) is 0 Å². The van der Waals surface area contributed by atoms with Crippen LogP contribution in [0.1, 0.15) is 13.8 Å². The first-order chi connectivity index (χ1) is 5.81. The summed E-state index contributed by atoms with van der Waals surface area (Å²) in [5.74, 6) is 0. The summed E-state index contributed by atoms with van der Waals surface area (Å²) in [6.45, 7) is 6.29. The summed E-state index contributed by atoms with van der Waals surface area (Å²) < 4.78 is 0.